The molecule has 0 atom stereocenters. The lowest BCUT2D eigenvalue weighted by Gasteiger charge is -2.13. The van der Waals surface area contributed by atoms with Gasteiger partial charge in [-0.3, -0.25) is 9.59 Å². The van der Waals surface area contributed by atoms with Crippen LogP contribution in [0.5, 0.6) is 0 Å². The number of carbonyl (C=O) groups excluding carboxylic acids is 1. The summed E-state index contributed by atoms with van der Waals surface area (Å²) in [6, 6.07) is 8.15. The summed E-state index contributed by atoms with van der Waals surface area (Å²) >= 11 is 3.27. The van der Waals surface area contributed by atoms with Gasteiger partial charge in [0.05, 0.1) is 11.1 Å². The molecule has 8 heteroatoms. The van der Waals surface area contributed by atoms with Crippen LogP contribution in [0, 0.1) is 0 Å². The molecule has 0 unspecified atom stereocenters. The lowest BCUT2D eigenvalue weighted by molar-refractivity contribution is -0.120. The van der Waals surface area contributed by atoms with E-state index in [9.17, 15) is 9.59 Å². The number of aromatic nitrogens is 2. The van der Waals surface area contributed by atoms with Crippen LogP contribution in [0.25, 0.3) is 10.2 Å². The van der Waals surface area contributed by atoms with Crippen LogP contribution in [0.4, 0.5) is 5.69 Å². The van der Waals surface area contributed by atoms with Crippen LogP contribution in [0.15, 0.2) is 29.1 Å². The fraction of sp³-hybridized carbons (Fsp3) is 0.409. The molecule has 2 N–H and O–H groups in total. The SMILES string of the molecule is CN(C)c1ccc(CNC(=O)CCSCc2nc3sc4c(c3c(=O)[nH]2)CCC4)cc1. The van der Waals surface area contributed by atoms with Crippen molar-refractivity contribution in [3.63, 3.8) is 0 Å². The van der Waals surface area contributed by atoms with Crippen LogP contribution in [0.3, 0.4) is 0 Å². The van der Waals surface area contributed by atoms with E-state index in [4.69, 9.17) is 0 Å². The Labute approximate surface area is 184 Å². The second-order valence-corrected chi connectivity index (χ2v) is 9.88. The van der Waals surface area contributed by atoms with E-state index in [-0.39, 0.29) is 11.5 Å². The smallest absolute Gasteiger partial charge is 0.259 e. The van der Waals surface area contributed by atoms with Gasteiger partial charge in [0.1, 0.15) is 10.7 Å². The Kier molecular flexibility index (Phi) is 6.43. The van der Waals surface area contributed by atoms with Gasteiger partial charge in [-0.1, -0.05) is 12.1 Å². The molecule has 0 aliphatic heterocycles. The highest BCUT2D eigenvalue weighted by molar-refractivity contribution is 7.98. The molecule has 2 aromatic heterocycles. The Balaban J connectivity index is 1.23. The number of fused-ring (bicyclic) bond motifs is 3. The third-order valence-corrected chi connectivity index (χ3v) is 7.43. The van der Waals surface area contributed by atoms with Crippen molar-refractivity contribution in [1.82, 2.24) is 15.3 Å². The van der Waals surface area contributed by atoms with Crippen molar-refractivity contribution in [2.45, 2.75) is 38.0 Å². The maximum atomic E-state index is 12.5. The minimum Gasteiger partial charge on any atom is -0.378 e. The summed E-state index contributed by atoms with van der Waals surface area (Å²) in [7, 11) is 4.01. The Hall–Kier alpha value is -2.32. The molecule has 1 aliphatic rings. The van der Waals surface area contributed by atoms with Crippen molar-refractivity contribution in [3.8, 4) is 0 Å². The fourth-order valence-electron chi connectivity index (χ4n) is 3.65. The van der Waals surface area contributed by atoms with Crippen LogP contribution >= 0.6 is 23.1 Å². The Morgan fingerprint density at radius 1 is 1.27 bits per heavy atom. The predicted octanol–water partition coefficient (Wildman–Crippen LogP) is 3.48. The number of nitrogens with one attached hydrogen (secondary N) is 2. The van der Waals surface area contributed by atoms with Crippen molar-refractivity contribution in [3.05, 3.63) is 56.4 Å². The summed E-state index contributed by atoms with van der Waals surface area (Å²) in [5.74, 6) is 2.02. The molecule has 3 aromatic rings. The molecule has 0 bridgehead atoms. The zero-order valence-corrected chi connectivity index (χ0v) is 18.9. The molecule has 158 valence electrons. The van der Waals surface area contributed by atoms with E-state index in [2.05, 4.69) is 15.3 Å². The highest BCUT2D eigenvalue weighted by Gasteiger charge is 2.21. The quantitative estimate of drug-likeness (QED) is 0.522. The summed E-state index contributed by atoms with van der Waals surface area (Å²) in [5, 5.41) is 3.75. The van der Waals surface area contributed by atoms with E-state index in [0.29, 0.717) is 30.3 Å². The number of hydrogen-bond donors (Lipinski definition) is 2. The van der Waals surface area contributed by atoms with Crippen LogP contribution in [0.1, 0.15) is 34.7 Å². The topological polar surface area (TPSA) is 78.1 Å². The first-order valence-corrected chi connectivity index (χ1v) is 12.1. The average molecular weight is 443 g/mol. The molecule has 0 saturated carbocycles. The number of thioether (sulfide) groups is 1. The molecule has 1 amide bonds. The number of aryl methyl sites for hydroxylation is 2. The second-order valence-electron chi connectivity index (χ2n) is 7.69. The number of rotatable bonds is 8. The normalized spacial score (nSPS) is 12.9. The van der Waals surface area contributed by atoms with Gasteiger partial charge in [-0.2, -0.15) is 11.8 Å². The van der Waals surface area contributed by atoms with Gasteiger partial charge in [0.2, 0.25) is 5.91 Å². The summed E-state index contributed by atoms with van der Waals surface area (Å²) in [6.07, 6.45) is 3.63. The van der Waals surface area contributed by atoms with Crippen molar-refractivity contribution in [2.75, 3.05) is 24.7 Å². The minimum absolute atomic E-state index is 0.0203. The molecule has 0 saturated heterocycles. The van der Waals surface area contributed by atoms with Crippen LogP contribution in [-0.4, -0.2) is 35.7 Å². The van der Waals surface area contributed by atoms with E-state index < -0.39 is 0 Å². The summed E-state index contributed by atoms with van der Waals surface area (Å²) in [5.41, 5.74) is 3.40. The molecule has 1 aliphatic carbocycles. The van der Waals surface area contributed by atoms with Gasteiger partial charge >= 0.3 is 0 Å². The Morgan fingerprint density at radius 2 is 2.07 bits per heavy atom. The predicted molar refractivity (Wildman–Crippen MR) is 126 cm³/mol. The number of amides is 1. The van der Waals surface area contributed by atoms with Crippen molar-refractivity contribution in [1.29, 1.82) is 0 Å². The van der Waals surface area contributed by atoms with E-state index in [1.807, 2.05) is 43.3 Å². The number of benzene rings is 1. The highest BCUT2D eigenvalue weighted by atomic mass is 32.2. The van der Waals surface area contributed by atoms with Crippen LogP contribution < -0.4 is 15.8 Å². The standard InChI is InChI=1S/C22H26N4O2S2/c1-26(2)15-8-6-14(7-9-15)12-23-19(27)10-11-29-13-18-24-21(28)20-16-4-3-5-17(16)30-22(20)25-18/h6-9H,3-5,10-13H2,1-2H3,(H,23,27)(H,24,25,28). The Morgan fingerprint density at radius 3 is 2.83 bits per heavy atom. The molecule has 1 aromatic carbocycles. The van der Waals surface area contributed by atoms with Crippen molar-refractivity contribution in [2.24, 2.45) is 0 Å². The fourth-order valence-corrected chi connectivity index (χ4v) is 5.73. The van der Waals surface area contributed by atoms with E-state index in [1.54, 1.807) is 23.1 Å². The molecule has 2 heterocycles. The number of hydrogen-bond acceptors (Lipinski definition) is 6. The lowest BCUT2D eigenvalue weighted by Crippen LogP contribution is -2.23. The first-order chi connectivity index (χ1) is 14.5. The highest BCUT2D eigenvalue weighted by Crippen LogP contribution is 2.34. The van der Waals surface area contributed by atoms with Gasteiger partial charge < -0.3 is 15.2 Å². The lowest BCUT2D eigenvalue weighted by atomic mass is 10.2. The number of nitrogens with zero attached hydrogens (tertiary/aromatic N) is 2. The number of H-pyrrole nitrogens is 1. The molecular weight excluding hydrogens is 416 g/mol. The summed E-state index contributed by atoms with van der Waals surface area (Å²) < 4.78 is 0. The van der Waals surface area contributed by atoms with Gasteiger partial charge in [-0.05, 0) is 42.5 Å². The summed E-state index contributed by atoms with van der Waals surface area (Å²) in [4.78, 5) is 36.4. The van der Waals surface area contributed by atoms with Gasteiger partial charge in [0.25, 0.3) is 5.56 Å². The zero-order valence-electron chi connectivity index (χ0n) is 17.3. The first kappa shape index (κ1) is 20.9. The number of aromatic amines is 1. The largest absolute Gasteiger partial charge is 0.378 e. The third kappa shape index (κ3) is 4.70. The zero-order chi connectivity index (χ0) is 21.1. The van der Waals surface area contributed by atoms with Crippen LogP contribution in [-0.2, 0) is 29.9 Å². The minimum atomic E-state index is -0.0203. The average Bonchev–Trinajstić information content (AvgIpc) is 3.31. The van der Waals surface area contributed by atoms with Crippen LogP contribution in [0.2, 0.25) is 0 Å². The molecule has 0 radical (unpaired) electrons. The number of carbonyl (C=O) groups is 1. The van der Waals surface area contributed by atoms with E-state index in [1.165, 1.54) is 10.4 Å². The Bertz CT molecular complexity index is 1100. The van der Waals surface area contributed by atoms with Gasteiger partial charge in [-0.25, -0.2) is 4.98 Å². The van der Waals surface area contributed by atoms with Crippen molar-refractivity contribution < 1.29 is 4.79 Å². The second kappa shape index (κ2) is 9.22. The first-order valence-electron chi connectivity index (χ1n) is 10.2. The third-order valence-electron chi connectivity index (χ3n) is 5.28. The molecule has 6 nitrogen and oxygen atoms in total. The van der Waals surface area contributed by atoms with E-state index >= 15 is 0 Å². The molecule has 0 spiro atoms. The van der Waals surface area contributed by atoms with Crippen molar-refractivity contribution >= 4 is 44.9 Å². The monoisotopic (exact) mass is 442 g/mol. The van der Waals surface area contributed by atoms with Gasteiger partial charge in [0.15, 0.2) is 0 Å². The molecule has 4 rings (SSSR count). The molecule has 30 heavy (non-hydrogen) atoms. The van der Waals surface area contributed by atoms with Gasteiger partial charge in [-0.15, -0.1) is 11.3 Å². The molecule has 0 fully saturated rings. The molecular formula is C22H26N4O2S2. The van der Waals surface area contributed by atoms with E-state index in [0.717, 1.165) is 40.7 Å². The number of thiophene rings is 1. The maximum absolute atomic E-state index is 12.5. The summed E-state index contributed by atoms with van der Waals surface area (Å²) in [6.45, 7) is 0.534. The van der Waals surface area contributed by atoms with Gasteiger partial charge in [0, 0.05) is 43.4 Å². The maximum Gasteiger partial charge on any atom is 0.259 e. The number of anilines is 1.